The molecule has 0 aliphatic heterocycles. The summed E-state index contributed by atoms with van der Waals surface area (Å²) in [6, 6.07) is 15.2. The van der Waals surface area contributed by atoms with E-state index in [9.17, 15) is 4.39 Å². The van der Waals surface area contributed by atoms with Crippen molar-refractivity contribution in [3.63, 3.8) is 0 Å². The van der Waals surface area contributed by atoms with Crippen LogP contribution in [0.1, 0.15) is 11.3 Å². The van der Waals surface area contributed by atoms with E-state index in [0.717, 1.165) is 5.69 Å². The van der Waals surface area contributed by atoms with E-state index in [-0.39, 0.29) is 5.02 Å². The molecule has 0 fully saturated rings. The minimum Gasteiger partial charge on any atom is -0.340 e. The maximum absolute atomic E-state index is 13.3. The zero-order chi connectivity index (χ0) is 17.8. The lowest BCUT2D eigenvalue weighted by molar-refractivity contribution is 0.628. The second-order valence-corrected chi connectivity index (χ2v) is 5.70. The summed E-state index contributed by atoms with van der Waals surface area (Å²) >= 11 is 5.79. The molecular formula is C18H13ClFN5. The lowest BCUT2D eigenvalue weighted by Crippen LogP contribution is -2.02. The highest BCUT2D eigenvalue weighted by atomic mass is 35.5. The number of halogens is 2. The van der Waals surface area contributed by atoms with Gasteiger partial charge in [0.15, 0.2) is 0 Å². The molecule has 0 unspecified atom stereocenters. The van der Waals surface area contributed by atoms with Crippen LogP contribution in [0.15, 0.2) is 48.5 Å². The average Bonchev–Trinajstić information content (AvgIpc) is 2.58. The van der Waals surface area contributed by atoms with Crippen LogP contribution in [-0.4, -0.2) is 9.97 Å². The molecule has 0 saturated carbocycles. The number of aromatic nitrogens is 2. The second kappa shape index (κ2) is 7.16. The third-order valence-electron chi connectivity index (χ3n) is 3.29. The quantitative estimate of drug-likeness (QED) is 0.695. The fourth-order valence-corrected chi connectivity index (χ4v) is 2.39. The highest BCUT2D eigenvalue weighted by Gasteiger charge is 2.06. The molecular weight excluding hydrogens is 341 g/mol. The van der Waals surface area contributed by atoms with E-state index in [0.29, 0.717) is 28.7 Å². The minimum atomic E-state index is -0.481. The van der Waals surface area contributed by atoms with Gasteiger partial charge in [-0.15, -0.1) is 0 Å². The predicted octanol–water partition coefficient (Wildman–Crippen LogP) is 4.94. The molecule has 124 valence electrons. The van der Waals surface area contributed by atoms with Crippen LogP contribution in [0.3, 0.4) is 0 Å². The Morgan fingerprint density at radius 1 is 1.04 bits per heavy atom. The van der Waals surface area contributed by atoms with Gasteiger partial charge in [0.05, 0.1) is 16.7 Å². The van der Waals surface area contributed by atoms with Crippen molar-refractivity contribution < 1.29 is 4.39 Å². The van der Waals surface area contributed by atoms with E-state index >= 15 is 0 Å². The maximum atomic E-state index is 13.3. The Hall–Kier alpha value is -3.17. The summed E-state index contributed by atoms with van der Waals surface area (Å²) in [5, 5.41) is 15.1. The van der Waals surface area contributed by atoms with E-state index in [1.54, 1.807) is 30.3 Å². The zero-order valence-electron chi connectivity index (χ0n) is 13.2. The number of hydrogen-bond acceptors (Lipinski definition) is 5. The SMILES string of the molecule is Cc1cc(Nc2ccc(F)c(Cl)c2)nc(Nc2cccc(C#N)c2)n1. The summed E-state index contributed by atoms with van der Waals surface area (Å²) in [6.45, 7) is 1.83. The Bertz CT molecular complexity index is 968. The van der Waals surface area contributed by atoms with Gasteiger partial charge in [-0.05, 0) is 43.3 Å². The van der Waals surface area contributed by atoms with E-state index in [2.05, 4.69) is 26.7 Å². The molecule has 3 rings (SSSR count). The number of nitrogens with zero attached hydrogens (tertiary/aromatic N) is 3. The monoisotopic (exact) mass is 353 g/mol. The van der Waals surface area contributed by atoms with Gasteiger partial charge in [0.1, 0.15) is 11.6 Å². The number of nitriles is 1. The first-order valence-corrected chi connectivity index (χ1v) is 7.76. The van der Waals surface area contributed by atoms with E-state index in [1.807, 2.05) is 13.0 Å². The van der Waals surface area contributed by atoms with Crippen LogP contribution < -0.4 is 10.6 Å². The Morgan fingerprint density at radius 2 is 1.84 bits per heavy atom. The van der Waals surface area contributed by atoms with Crippen LogP contribution in [0.4, 0.5) is 27.5 Å². The Kier molecular flexibility index (Phi) is 4.78. The number of anilines is 4. The first-order valence-electron chi connectivity index (χ1n) is 7.38. The van der Waals surface area contributed by atoms with Crippen molar-refractivity contribution in [3.05, 3.63) is 70.6 Å². The Morgan fingerprint density at radius 3 is 2.60 bits per heavy atom. The standard InChI is InChI=1S/C18H13ClFN5/c1-11-7-17(23-14-5-6-16(20)15(19)9-14)25-18(22-11)24-13-4-2-3-12(8-13)10-21/h2-9H,1H3,(H2,22,23,24,25). The smallest absolute Gasteiger partial charge is 0.229 e. The fraction of sp³-hybridized carbons (Fsp3) is 0.0556. The minimum absolute atomic E-state index is 0.0300. The zero-order valence-corrected chi connectivity index (χ0v) is 14.0. The normalized spacial score (nSPS) is 10.2. The van der Waals surface area contributed by atoms with Crippen LogP contribution in [0.25, 0.3) is 0 Å². The maximum Gasteiger partial charge on any atom is 0.229 e. The summed E-state index contributed by atoms with van der Waals surface area (Å²) in [4.78, 5) is 8.71. The third kappa shape index (κ3) is 4.22. The molecule has 1 aromatic heterocycles. The summed E-state index contributed by atoms with van der Waals surface area (Å²) < 4.78 is 13.3. The van der Waals surface area contributed by atoms with Crippen LogP contribution in [-0.2, 0) is 0 Å². The largest absolute Gasteiger partial charge is 0.340 e. The Balaban J connectivity index is 1.84. The molecule has 0 spiro atoms. The van der Waals surface area contributed by atoms with Crippen molar-refractivity contribution >= 4 is 34.7 Å². The molecule has 0 amide bonds. The molecule has 5 nitrogen and oxygen atoms in total. The molecule has 1 heterocycles. The first-order chi connectivity index (χ1) is 12.0. The van der Waals surface area contributed by atoms with Gasteiger partial charge >= 0.3 is 0 Å². The van der Waals surface area contributed by atoms with Gasteiger partial charge in [-0.2, -0.15) is 10.2 Å². The predicted molar refractivity (Wildman–Crippen MR) is 95.9 cm³/mol. The number of hydrogen-bond donors (Lipinski definition) is 2. The van der Waals surface area contributed by atoms with E-state index in [1.165, 1.54) is 12.1 Å². The lowest BCUT2D eigenvalue weighted by atomic mass is 10.2. The molecule has 7 heteroatoms. The summed E-state index contributed by atoms with van der Waals surface area (Å²) in [6.07, 6.45) is 0. The highest BCUT2D eigenvalue weighted by molar-refractivity contribution is 6.31. The van der Waals surface area contributed by atoms with Gasteiger partial charge < -0.3 is 10.6 Å². The molecule has 3 aromatic rings. The van der Waals surface area contributed by atoms with Gasteiger partial charge in [-0.3, -0.25) is 0 Å². The first kappa shape index (κ1) is 16.7. The number of nitrogens with one attached hydrogen (secondary N) is 2. The molecule has 0 saturated heterocycles. The molecule has 2 aromatic carbocycles. The molecule has 0 atom stereocenters. The third-order valence-corrected chi connectivity index (χ3v) is 3.58. The summed E-state index contributed by atoms with van der Waals surface area (Å²) in [5.74, 6) is 0.436. The van der Waals surface area contributed by atoms with Crippen LogP contribution in [0, 0.1) is 24.1 Å². The van der Waals surface area contributed by atoms with Gasteiger partial charge in [-0.1, -0.05) is 17.7 Å². The number of aryl methyl sites for hydroxylation is 1. The van der Waals surface area contributed by atoms with Gasteiger partial charge in [0.2, 0.25) is 5.95 Å². The van der Waals surface area contributed by atoms with Crippen molar-refractivity contribution in [2.24, 2.45) is 0 Å². The number of rotatable bonds is 4. The van der Waals surface area contributed by atoms with E-state index < -0.39 is 5.82 Å². The molecule has 25 heavy (non-hydrogen) atoms. The van der Waals surface area contributed by atoms with Gasteiger partial charge in [-0.25, -0.2) is 9.37 Å². The molecule has 0 radical (unpaired) electrons. The fourth-order valence-electron chi connectivity index (χ4n) is 2.21. The topological polar surface area (TPSA) is 73.6 Å². The summed E-state index contributed by atoms with van der Waals surface area (Å²) in [7, 11) is 0. The van der Waals surface area contributed by atoms with Gasteiger partial charge in [0, 0.05) is 23.1 Å². The van der Waals surface area contributed by atoms with Crippen molar-refractivity contribution in [3.8, 4) is 6.07 Å². The van der Waals surface area contributed by atoms with Crippen LogP contribution in [0.5, 0.6) is 0 Å². The Labute approximate surface area is 149 Å². The van der Waals surface area contributed by atoms with Crippen molar-refractivity contribution in [1.82, 2.24) is 9.97 Å². The molecule has 0 aliphatic rings. The molecule has 0 bridgehead atoms. The van der Waals surface area contributed by atoms with Crippen molar-refractivity contribution in [2.45, 2.75) is 6.92 Å². The van der Waals surface area contributed by atoms with Crippen molar-refractivity contribution in [2.75, 3.05) is 10.6 Å². The average molecular weight is 354 g/mol. The highest BCUT2D eigenvalue weighted by Crippen LogP contribution is 2.23. The van der Waals surface area contributed by atoms with Gasteiger partial charge in [0.25, 0.3) is 0 Å². The van der Waals surface area contributed by atoms with Crippen molar-refractivity contribution in [1.29, 1.82) is 5.26 Å². The van der Waals surface area contributed by atoms with Crippen LogP contribution >= 0.6 is 11.6 Å². The summed E-state index contributed by atoms with van der Waals surface area (Å²) in [5.41, 5.74) is 2.60. The van der Waals surface area contributed by atoms with E-state index in [4.69, 9.17) is 16.9 Å². The molecule has 2 N–H and O–H groups in total. The second-order valence-electron chi connectivity index (χ2n) is 5.29. The van der Waals surface area contributed by atoms with Crippen LogP contribution in [0.2, 0.25) is 5.02 Å². The lowest BCUT2D eigenvalue weighted by Gasteiger charge is -2.10. The number of benzene rings is 2. The molecule has 0 aliphatic carbocycles.